The van der Waals surface area contributed by atoms with E-state index in [9.17, 15) is 9.18 Å². The van der Waals surface area contributed by atoms with Crippen LogP contribution in [0.3, 0.4) is 0 Å². The SMILES string of the molecule is CCc1nc(CCc2ccc(NC(=O)/C=C/c3cnn(CC)c3-c3ccc(F)cc3)cc2)cs1. The van der Waals surface area contributed by atoms with Crippen LogP contribution in [0.15, 0.2) is 66.2 Å². The highest BCUT2D eigenvalue weighted by Gasteiger charge is 2.11. The molecule has 0 aliphatic heterocycles. The van der Waals surface area contributed by atoms with Crippen LogP contribution >= 0.6 is 11.3 Å². The minimum Gasteiger partial charge on any atom is -0.323 e. The number of aromatic nitrogens is 3. The fourth-order valence-electron chi connectivity index (χ4n) is 3.69. The van der Waals surface area contributed by atoms with Crippen molar-refractivity contribution in [2.75, 3.05) is 5.32 Å². The molecule has 4 rings (SSSR count). The van der Waals surface area contributed by atoms with Gasteiger partial charge in [-0.05, 0) is 74.2 Å². The molecule has 0 atom stereocenters. The Kier molecular flexibility index (Phi) is 7.65. The van der Waals surface area contributed by atoms with Gasteiger partial charge in [-0.25, -0.2) is 9.37 Å². The maximum atomic E-state index is 13.3. The predicted octanol–water partition coefficient (Wildman–Crippen LogP) is 6.17. The summed E-state index contributed by atoms with van der Waals surface area (Å²) in [6, 6.07) is 14.2. The standard InChI is InChI=1S/C27H27FN4OS/c1-3-26-31-24(18-34-26)15-7-19-5-13-23(14-6-19)30-25(33)16-10-21-17-29-32(4-2)27(21)20-8-11-22(28)12-9-20/h5-6,8-14,16-18H,3-4,7,15H2,1-2H3,(H,30,33)/b16-10+. The molecule has 0 spiro atoms. The van der Waals surface area contributed by atoms with Crippen molar-refractivity contribution >= 4 is 29.0 Å². The Morgan fingerprint density at radius 2 is 1.85 bits per heavy atom. The van der Waals surface area contributed by atoms with Gasteiger partial charge in [-0.1, -0.05) is 19.1 Å². The van der Waals surface area contributed by atoms with Crippen molar-refractivity contribution in [2.24, 2.45) is 0 Å². The minimum atomic E-state index is -0.289. The van der Waals surface area contributed by atoms with Crippen LogP contribution in [0, 0.1) is 5.82 Å². The van der Waals surface area contributed by atoms with Gasteiger partial charge in [0.05, 0.1) is 22.6 Å². The summed E-state index contributed by atoms with van der Waals surface area (Å²) in [6.07, 6.45) is 7.74. The zero-order chi connectivity index (χ0) is 23.9. The second-order valence-electron chi connectivity index (χ2n) is 7.88. The quantitative estimate of drug-likeness (QED) is 0.295. The molecule has 0 saturated carbocycles. The van der Waals surface area contributed by atoms with E-state index in [0.29, 0.717) is 6.54 Å². The van der Waals surface area contributed by atoms with E-state index in [1.54, 1.807) is 35.7 Å². The summed E-state index contributed by atoms with van der Waals surface area (Å²) >= 11 is 1.71. The van der Waals surface area contributed by atoms with Gasteiger partial charge in [0.15, 0.2) is 0 Å². The van der Waals surface area contributed by atoms with E-state index >= 15 is 0 Å². The van der Waals surface area contributed by atoms with Crippen molar-refractivity contribution in [3.05, 3.63) is 93.8 Å². The average molecular weight is 475 g/mol. The van der Waals surface area contributed by atoms with Gasteiger partial charge in [-0.15, -0.1) is 11.3 Å². The molecule has 5 nitrogen and oxygen atoms in total. The van der Waals surface area contributed by atoms with Crippen LogP contribution in [0.25, 0.3) is 17.3 Å². The van der Waals surface area contributed by atoms with Crippen molar-refractivity contribution < 1.29 is 9.18 Å². The Hall–Kier alpha value is -3.58. The zero-order valence-corrected chi connectivity index (χ0v) is 20.1. The van der Waals surface area contributed by atoms with Crippen LogP contribution in [0.4, 0.5) is 10.1 Å². The number of carbonyl (C=O) groups excluding carboxylic acids is 1. The third kappa shape index (κ3) is 5.85. The number of carbonyl (C=O) groups is 1. The van der Waals surface area contributed by atoms with E-state index in [1.807, 2.05) is 35.9 Å². The second-order valence-corrected chi connectivity index (χ2v) is 8.82. The molecule has 2 aromatic heterocycles. The van der Waals surface area contributed by atoms with Gasteiger partial charge in [0, 0.05) is 34.8 Å². The van der Waals surface area contributed by atoms with Gasteiger partial charge < -0.3 is 5.32 Å². The van der Waals surface area contributed by atoms with Crippen molar-refractivity contribution in [2.45, 2.75) is 39.7 Å². The van der Waals surface area contributed by atoms with Gasteiger partial charge in [-0.3, -0.25) is 9.48 Å². The number of benzene rings is 2. The maximum absolute atomic E-state index is 13.3. The summed E-state index contributed by atoms with van der Waals surface area (Å²) in [5.74, 6) is -0.515. The largest absolute Gasteiger partial charge is 0.323 e. The number of hydrogen-bond acceptors (Lipinski definition) is 4. The molecule has 1 amide bonds. The first kappa shape index (κ1) is 23.6. The highest BCUT2D eigenvalue weighted by atomic mass is 32.1. The lowest BCUT2D eigenvalue weighted by atomic mass is 10.1. The van der Waals surface area contributed by atoms with Crippen LogP contribution in [0.5, 0.6) is 0 Å². The van der Waals surface area contributed by atoms with Crippen molar-refractivity contribution in [3.8, 4) is 11.3 Å². The van der Waals surface area contributed by atoms with E-state index in [-0.39, 0.29) is 11.7 Å². The lowest BCUT2D eigenvalue weighted by Crippen LogP contribution is -2.07. The Morgan fingerprint density at radius 3 is 2.53 bits per heavy atom. The summed E-state index contributed by atoms with van der Waals surface area (Å²) in [7, 11) is 0. The smallest absolute Gasteiger partial charge is 0.248 e. The molecule has 0 saturated heterocycles. The normalized spacial score (nSPS) is 11.3. The van der Waals surface area contributed by atoms with Gasteiger partial charge in [0.25, 0.3) is 0 Å². The highest BCUT2D eigenvalue weighted by molar-refractivity contribution is 7.09. The van der Waals surface area contributed by atoms with E-state index in [4.69, 9.17) is 0 Å². The Balaban J connectivity index is 1.37. The van der Waals surface area contributed by atoms with Crippen LogP contribution in [-0.2, 0) is 30.6 Å². The van der Waals surface area contributed by atoms with E-state index in [0.717, 1.165) is 47.5 Å². The molecule has 174 valence electrons. The molecule has 7 heteroatoms. The molecule has 1 N–H and O–H groups in total. The van der Waals surface area contributed by atoms with Crippen LogP contribution < -0.4 is 5.32 Å². The van der Waals surface area contributed by atoms with E-state index < -0.39 is 0 Å². The molecule has 0 bridgehead atoms. The topological polar surface area (TPSA) is 59.8 Å². The fourth-order valence-corrected chi connectivity index (χ4v) is 4.47. The van der Waals surface area contributed by atoms with E-state index in [1.165, 1.54) is 28.8 Å². The molecule has 0 aliphatic rings. The number of nitrogens with zero attached hydrogens (tertiary/aromatic N) is 3. The molecule has 0 radical (unpaired) electrons. The molecule has 0 aliphatic carbocycles. The summed E-state index contributed by atoms with van der Waals surface area (Å²) in [6.45, 7) is 4.78. The summed E-state index contributed by atoms with van der Waals surface area (Å²) in [4.78, 5) is 17.1. The first-order valence-corrected chi connectivity index (χ1v) is 12.3. The number of hydrogen-bond donors (Lipinski definition) is 1. The van der Waals surface area contributed by atoms with E-state index in [2.05, 4.69) is 27.7 Å². The van der Waals surface area contributed by atoms with Gasteiger partial charge in [-0.2, -0.15) is 5.10 Å². The molecule has 34 heavy (non-hydrogen) atoms. The van der Waals surface area contributed by atoms with Gasteiger partial charge in [0.2, 0.25) is 5.91 Å². The Bertz CT molecular complexity index is 1270. The lowest BCUT2D eigenvalue weighted by molar-refractivity contribution is -0.111. The highest BCUT2D eigenvalue weighted by Crippen LogP contribution is 2.25. The number of nitrogens with one attached hydrogen (secondary N) is 1. The van der Waals surface area contributed by atoms with Crippen LogP contribution in [0.1, 0.15) is 35.7 Å². The van der Waals surface area contributed by atoms with Crippen LogP contribution in [-0.4, -0.2) is 20.7 Å². The molecular formula is C27H27FN4OS. The maximum Gasteiger partial charge on any atom is 0.248 e. The molecule has 0 fully saturated rings. The molecule has 2 aromatic carbocycles. The number of rotatable bonds is 9. The average Bonchev–Trinajstić information content (AvgIpc) is 3.49. The predicted molar refractivity (Wildman–Crippen MR) is 136 cm³/mol. The number of halogens is 1. The number of amides is 1. The first-order valence-electron chi connectivity index (χ1n) is 11.4. The van der Waals surface area contributed by atoms with Gasteiger partial charge in [0.1, 0.15) is 5.82 Å². The molecule has 4 aromatic rings. The molecular weight excluding hydrogens is 447 g/mol. The van der Waals surface area contributed by atoms with Crippen molar-refractivity contribution in [3.63, 3.8) is 0 Å². The summed E-state index contributed by atoms with van der Waals surface area (Å²) < 4.78 is 15.2. The summed E-state index contributed by atoms with van der Waals surface area (Å²) in [5.41, 5.74) is 5.57. The Morgan fingerprint density at radius 1 is 1.09 bits per heavy atom. The second kappa shape index (κ2) is 11.0. The fraction of sp³-hybridized carbons (Fsp3) is 0.222. The first-order chi connectivity index (χ1) is 16.6. The van der Waals surface area contributed by atoms with Crippen LogP contribution in [0.2, 0.25) is 0 Å². The number of anilines is 1. The third-order valence-electron chi connectivity index (χ3n) is 5.49. The number of aryl methyl sites for hydroxylation is 4. The molecule has 0 unspecified atom stereocenters. The Labute approximate surface area is 203 Å². The summed E-state index contributed by atoms with van der Waals surface area (Å²) in [5, 5.41) is 10.6. The number of thiazole rings is 1. The third-order valence-corrected chi connectivity index (χ3v) is 6.53. The zero-order valence-electron chi connectivity index (χ0n) is 19.3. The van der Waals surface area contributed by atoms with Crippen molar-refractivity contribution in [1.82, 2.24) is 14.8 Å². The lowest BCUT2D eigenvalue weighted by Gasteiger charge is -2.07. The minimum absolute atomic E-state index is 0.225. The molecule has 2 heterocycles. The van der Waals surface area contributed by atoms with Crippen molar-refractivity contribution in [1.29, 1.82) is 0 Å². The van der Waals surface area contributed by atoms with Gasteiger partial charge >= 0.3 is 0 Å². The monoisotopic (exact) mass is 474 g/mol.